The number of aliphatic hydroxyl groups is 1. The Labute approximate surface area is 101 Å². The average molecular weight is 234 g/mol. The molecule has 17 heavy (non-hydrogen) atoms. The van der Waals surface area contributed by atoms with E-state index in [1.807, 2.05) is 24.3 Å². The molecule has 0 spiro atoms. The van der Waals surface area contributed by atoms with Crippen molar-refractivity contribution in [2.75, 3.05) is 13.7 Å². The van der Waals surface area contributed by atoms with Crippen LogP contribution in [0.5, 0.6) is 0 Å². The third-order valence-electron chi connectivity index (χ3n) is 2.86. The van der Waals surface area contributed by atoms with Crippen molar-refractivity contribution >= 4 is 11.0 Å². The summed E-state index contributed by atoms with van der Waals surface area (Å²) in [7, 11) is 1.71. The molecule has 0 saturated heterocycles. The van der Waals surface area contributed by atoms with E-state index in [4.69, 9.17) is 4.74 Å². The van der Waals surface area contributed by atoms with Gasteiger partial charge in [-0.15, -0.1) is 0 Å². The summed E-state index contributed by atoms with van der Waals surface area (Å²) in [5, 5.41) is 9.31. The van der Waals surface area contributed by atoms with Gasteiger partial charge in [-0.3, -0.25) is 0 Å². The predicted octanol–water partition coefficient (Wildman–Crippen LogP) is 1.96. The highest BCUT2D eigenvalue weighted by atomic mass is 16.5. The Morgan fingerprint density at radius 2 is 2.12 bits per heavy atom. The van der Waals surface area contributed by atoms with Crippen molar-refractivity contribution in [3.8, 4) is 0 Å². The van der Waals surface area contributed by atoms with Gasteiger partial charge in [-0.1, -0.05) is 12.1 Å². The second-order valence-corrected chi connectivity index (χ2v) is 4.03. The number of hydrogen-bond acceptors (Lipinski definition) is 3. The normalized spacial score (nSPS) is 11.2. The van der Waals surface area contributed by atoms with Crippen molar-refractivity contribution in [2.45, 2.75) is 26.0 Å². The predicted molar refractivity (Wildman–Crippen MR) is 66.8 cm³/mol. The van der Waals surface area contributed by atoms with E-state index in [2.05, 4.69) is 9.55 Å². The number of para-hydroxylation sites is 2. The lowest BCUT2D eigenvalue weighted by Gasteiger charge is -2.07. The number of benzene rings is 1. The van der Waals surface area contributed by atoms with Crippen molar-refractivity contribution in [3.05, 3.63) is 30.1 Å². The van der Waals surface area contributed by atoms with Crippen molar-refractivity contribution < 1.29 is 9.84 Å². The quantitative estimate of drug-likeness (QED) is 0.777. The van der Waals surface area contributed by atoms with Crippen LogP contribution >= 0.6 is 0 Å². The maximum atomic E-state index is 9.31. The number of ether oxygens (including phenoxy) is 1. The average Bonchev–Trinajstić information content (AvgIpc) is 2.73. The number of rotatable bonds is 6. The standard InChI is InChI=1S/C13H18N2O2/c1-17-9-5-4-8-15-12-7-3-2-6-11(12)14-13(15)10-16/h2-3,6-7,16H,4-5,8-10H2,1H3. The van der Waals surface area contributed by atoms with Crippen LogP contribution in [0.3, 0.4) is 0 Å². The fraction of sp³-hybridized carbons (Fsp3) is 0.462. The number of hydrogen-bond donors (Lipinski definition) is 1. The van der Waals surface area contributed by atoms with Gasteiger partial charge >= 0.3 is 0 Å². The number of imidazole rings is 1. The summed E-state index contributed by atoms with van der Waals surface area (Å²) in [5.74, 6) is 0.739. The summed E-state index contributed by atoms with van der Waals surface area (Å²) < 4.78 is 7.12. The Morgan fingerprint density at radius 1 is 1.29 bits per heavy atom. The van der Waals surface area contributed by atoms with Gasteiger partial charge in [0.1, 0.15) is 12.4 Å². The molecule has 0 aliphatic heterocycles. The number of fused-ring (bicyclic) bond motifs is 1. The molecule has 2 rings (SSSR count). The van der Waals surface area contributed by atoms with Crippen molar-refractivity contribution in [2.24, 2.45) is 0 Å². The van der Waals surface area contributed by atoms with E-state index in [1.165, 1.54) is 0 Å². The van der Waals surface area contributed by atoms with Gasteiger partial charge in [0.15, 0.2) is 0 Å². The third-order valence-corrected chi connectivity index (χ3v) is 2.86. The van der Waals surface area contributed by atoms with Gasteiger partial charge in [0.25, 0.3) is 0 Å². The molecule has 0 aliphatic carbocycles. The lowest BCUT2D eigenvalue weighted by atomic mass is 10.3. The highest BCUT2D eigenvalue weighted by Gasteiger charge is 2.08. The summed E-state index contributed by atoms with van der Waals surface area (Å²) in [5.41, 5.74) is 2.04. The molecule has 4 nitrogen and oxygen atoms in total. The summed E-state index contributed by atoms with van der Waals surface area (Å²) in [6.07, 6.45) is 2.05. The SMILES string of the molecule is COCCCCn1c(CO)nc2ccccc21. The van der Waals surface area contributed by atoms with Crippen molar-refractivity contribution in [1.29, 1.82) is 0 Å². The minimum atomic E-state index is -0.0149. The van der Waals surface area contributed by atoms with Crippen LogP contribution in [0.2, 0.25) is 0 Å². The number of nitrogens with zero attached hydrogens (tertiary/aromatic N) is 2. The molecule has 0 amide bonds. The van der Waals surface area contributed by atoms with E-state index < -0.39 is 0 Å². The van der Waals surface area contributed by atoms with E-state index in [-0.39, 0.29) is 6.61 Å². The van der Waals surface area contributed by atoms with E-state index in [1.54, 1.807) is 7.11 Å². The first kappa shape index (κ1) is 12.1. The lowest BCUT2D eigenvalue weighted by molar-refractivity contribution is 0.191. The Balaban J connectivity index is 2.18. The molecule has 0 atom stereocenters. The zero-order valence-corrected chi connectivity index (χ0v) is 10.1. The molecule has 0 saturated carbocycles. The van der Waals surface area contributed by atoms with Crippen LogP contribution in [0.4, 0.5) is 0 Å². The second kappa shape index (κ2) is 5.80. The Kier molecular flexibility index (Phi) is 4.12. The fourth-order valence-corrected chi connectivity index (χ4v) is 2.01. The summed E-state index contributed by atoms with van der Waals surface area (Å²) >= 11 is 0. The zero-order valence-electron chi connectivity index (χ0n) is 10.1. The van der Waals surface area contributed by atoms with Crippen LogP contribution in [0.15, 0.2) is 24.3 Å². The zero-order chi connectivity index (χ0) is 12.1. The van der Waals surface area contributed by atoms with E-state index in [0.29, 0.717) is 0 Å². The molecule has 1 aromatic heterocycles. The van der Waals surface area contributed by atoms with Gasteiger partial charge in [0.2, 0.25) is 0 Å². The topological polar surface area (TPSA) is 47.3 Å². The monoisotopic (exact) mass is 234 g/mol. The van der Waals surface area contributed by atoms with Gasteiger partial charge < -0.3 is 14.4 Å². The molecule has 4 heteroatoms. The highest BCUT2D eigenvalue weighted by Crippen LogP contribution is 2.16. The van der Waals surface area contributed by atoms with Gasteiger partial charge in [-0.05, 0) is 25.0 Å². The van der Waals surface area contributed by atoms with Crippen LogP contribution in [0, 0.1) is 0 Å². The van der Waals surface area contributed by atoms with Gasteiger partial charge in [-0.2, -0.15) is 0 Å². The summed E-state index contributed by atoms with van der Waals surface area (Å²) in [4.78, 5) is 4.41. The number of unbranched alkanes of at least 4 members (excludes halogenated alkanes) is 1. The van der Waals surface area contributed by atoms with Gasteiger partial charge in [-0.25, -0.2) is 4.98 Å². The molecule has 1 aromatic carbocycles. The molecule has 92 valence electrons. The molecule has 0 radical (unpaired) electrons. The maximum Gasteiger partial charge on any atom is 0.135 e. The first-order valence-corrected chi connectivity index (χ1v) is 5.90. The molecule has 0 aliphatic rings. The molecule has 2 aromatic rings. The Bertz CT molecular complexity index is 479. The lowest BCUT2D eigenvalue weighted by Crippen LogP contribution is -2.04. The molecule has 1 heterocycles. The summed E-state index contributed by atoms with van der Waals surface area (Å²) in [6, 6.07) is 7.97. The van der Waals surface area contributed by atoms with Crippen LogP contribution < -0.4 is 0 Å². The minimum absolute atomic E-state index is 0.0149. The van der Waals surface area contributed by atoms with Gasteiger partial charge in [0.05, 0.1) is 11.0 Å². The molecular formula is C13H18N2O2. The largest absolute Gasteiger partial charge is 0.388 e. The van der Waals surface area contributed by atoms with Crippen LogP contribution in [0.25, 0.3) is 11.0 Å². The van der Waals surface area contributed by atoms with Crippen LogP contribution in [-0.2, 0) is 17.9 Å². The van der Waals surface area contributed by atoms with E-state index in [0.717, 1.165) is 42.9 Å². The van der Waals surface area contributed by atoms with E-state index >= 15 is 0 Å². The Hall–Kier alpha value is -1.39. The smallest absolute Gasteiger partial charge is 0.135 e. The van der Waals surface area contributed by atoms with Crippen LogP contribution in [-0.4, -0.2) is 28.4 Å². The molecular weight excluding hydrogens is 216 g/mol. The molecule has 1 N–H and O–H groups in total. The third kappa shape index (κ3) is 2.65. The van der Waals surface area contributed by atoms with Crippen LogP contribution in [0.1, 0.15) is 18.7 Å². The first-order chi connectivity index (χ1) is 8.36. The minimum Gasteiger partial charge on any atom is -0.388 e. The number of aromatic nitrogens is 2. The van der Waals surface area contributed by atoms with Crippen molar-refractivity contribution in [1.82, 2.24) is 9.55 Å². The summed E-state index contributed by atoms with van der Waals surface area (Å²) in [6.45, 7) is 1.64. The molecule has 0 fully saturated rings. The maximum absolute atomic E-state index is 9.31. The van der Waals surface area contributed by atoms with Gasteiger partial charge in [0, 0.05) is 20.3 Å². The molecule has 0 bridgehead atoms. The van der Waals surface area contributed by atoms with Crippen molar-refractivity contribution in [3.63, 3.8) is 0 Å². The number of aliphatic hydroxyl groups excluding tert-OH is 1. The Morgan fingerprint density at radius 3 is 2.88 bits per heavy atom. The number of methoxy groups -OCH3 is 1. The van der Waals surface area contributed by atoms with E-state index in [9.17, 15) is 5.11 Å². The first-order valence-electron chi connectivity index (χ1n) is 5.90. The fourth-order valence-electron chi connectivity index (χ4n) is 2.01. The molecule has 0 unspecified atom stereocenters. The second-order valence-electron chi connectivity index (χ2n) is 4.03. The number of aryl methyl sites for hydroxylation is 1. The highest BCUT2D eigenvalue weighted by molar-refractivity contribution is 5.75.